The predicted molar refractivity (Wildman–Crippen MR) is 368 cm³/mol. The van der Waals surface area contributed by atoms with Crippen molar-refractivity contribution in [3.8, 4) is 0 Å². The minimum atomic E-state index is -4.95. The first-order chi connectivity index (χ1) is 44.0. The summed E-state index contributed by atoms with van der Waals surface area (Å²) in [5.41, 5.74) is 0. The van der Waals surface area contributed by atoms with Gasteiger partial charge in [0.25, 0.3) is 0 Å². The number of aliphatic hydroxyl groups is 1. The van der Waals surface area contributed by atoms with Gasteiger partial charge in [-0.05, 0) is 31.6 Å². The van der Waals surface area contributed by atoms with E-state index in [1.165, 1.54) is 193 Å². The van der Waals surface area contributed by atoms with Crippen LogP contribution in [-0.4, -0.2) is 96.7 Å². The summed E-state index contributed by atoms with van der Waals surface area (Å²) in [6.07, 6.45) is 53.4. The van der Waals surface area contributed by atoms with Crippen LogP contribution in [-0.2, 0) is 65.4 Å². The Morgan fingerprint density at radius 3 is 0.747 bits per heavy atom. The molecule has 19 heteroatoms. The molecule has 91 heavy (non-hydrogen) atoms. The second-order valence-corrected chi connectivity index (χ2v) is 29.4. The lowest BCUT2D eigenvalue weighted by atomic mass is 10.0. The van der Waals surface area contributed by atoms with E-state index < -0.39 is 97.5 Å². The van der Waals surface area contributed by atoms with Crippen molar-refractivity contribution in [1.82, 2.24) is 0 Å². The van der Waals surface area contributed by atoms with Crippen molar-refractivity contribution in [3.63, 3.8) is 0 Å². The maximum absolute atomic E-state index is 13.1. The maximum Gasteiger partial charge on any atom is 0.472 e. The number of carbonyl (C=O) groups is 4. The molecule has 0 amide bonds. The molecule has 0 rings (SSSR count). The molecule has 0 aromatic heterocycles. The van der Waals surface area contributed by atoms with Crippen molar-refractivity contribution < 1.29 is 80.2 Å². The van der Waals surface area contributed by atoms with Crippen molar-refractivity contribution in [3.05, 3.63) is 0 Å². The van der Waals surface area contributed by atoms with Crippen LogP contribution in [0.25, 0.3) is 0 Å². The van der Waals surface area contributed by atoms with Crippen LogP contribution in [0.5, 0.6) is 0 Å². The van der Waals surface area contributed by atoms with Gasteiger partial charge < -0.3 is 33.8 Å². The zero-order valence-electron chi connectivity index (χ0n) is 59.0. The number of hydrogen-bond acceptors (Lipinski definition) is 15. The van der Waals surface area contributed by atoms with E-state index in [1.54, 1.807) is 0 Å². The highest BCUT2D eigenvalue weighted by molar-refractivity contribution is 7.47. The predicted octanol–water partition coefficient (Wildman–Crippen LogP) is 20.9. The van der Waals surface area contributed by atoms with Crippen molar-refractivity contribution >= 4 is 39.5 Å². The molecule has 0 heterocycles. The third kappa shape index (κ3) is 66.5. The van der Waals surface area contributed by atoms with Crippen molar-refractivity contribution in [2.75, 3.05) is 39.6 Å². The number of unbranched alkanes of at least 4 members (excludes halogenated alkanes) is 44. The van der Waals surface area contributed by atoms with Gasteiger partial charge in [0.05, 0.1) is 26.4 Å². The molecule has 0 bridgehead atoms. The van der Waals surface area contributed by atoms with Crippen LogP contribution in [0.4, 0.5) is 0 Å². The van der Waals surface area contributed by atoms with Crippen molar-refractivity contribution in [2.45, 2.75) is 393 Å². The fraction of sp³-hybridized carbons (Fsp3) is 0.944. The normalized spacial score (nSPS) is 14.0. The molecule has 0 aliphatic rings. The minimum absolute atomic E-state index is 0.103. The molecule has 5 atom stereocenters. The minimum Gasteiger partial charge on any atom is -0.462 e. The molecule has 0 aromatic carbocycles. The van der Waals surface area contributed by atoms with E-state index in [-0.39, 0.29) is 25.7 Å². The van der Waals surface area contributed by atoms with E-state index in [0.29, 0.717) is 31.6 Å². The van der Waals surface area contributed by atoms with Gasteiger partial charge in [-0.25, -0.2) is 9.13 Å². The molecule has 0 saturated heterocycles. The summed E-state index contributed by atoms with van der Waals surface area (Å²) in [5, 5.41) is 10.6. The van der Waals surface area contributed by atoms with Crippen LogP contribution in [0.15, 0.2) is 0 Å². The average Bonchev–Trinajstić information content (AvgIpc) is 3.57. The topological polar surface area (TPSA) is 237 Å². The van der Waals surface area contributed by atoms with Gasteiger partial charge in [0.2, 0.25) is 0 Å². The lowest BCUT2D eigenvalue weighted by Gasteiger charge is -2.21. The molecule has 17 nitrogen and oxygen atoms in total. The first kappa shape index (κ1) is 89.1. The van der Waals surface area contributed by atoms with E-state index >= 15 is 0 Å². The van der Waals surface area contributed by atoms with E-state index in [4.69, 9.17) is 37.0 Å². The third-order valence-electron chi connectivity index (χ3n) is 16.8. The van der Waals surface area contributed by atoms with Crippen LogP contribution in [0.3, 0.4) is 0 Å². The Labute approximate surface area is 556 Å². The van der Waals surface area contributed by atoms with Gasteiger partial charge in [0, 0.05) is 25.7 Å². The lowest BCUT2D eigenvalue weighted by Crippen LogP contribution is -2.30. The molecular formula is C72H140O17P2. The van der Waals surface area contributed by atoms with Gasteiger partial charge in [0.1, 0.15) is 19.3 Å². The lowest BCUT2D eigenvalue weighted by molar-refractivity contribution is -0.161. The fourth-order valence-corrected chi connectivity index (χ4v) is 12.6. The van der Waals surface area contributed by atoms with Crippen LogP contribution >= 0.6 is 15.6 Å². The highest BCUT2D eigenvalue weighted by Crippen LogP contribution is 2.45. The Morgan fingerprint density at radius 2 is 0.505 bits per heavy atom. The molecule has 0 aliphatic carbocycles. The second kappa shape index (κ2) is 65.4. The molecule has 0 aliphatic heterocycles. The SMILES string of the molecule is CCCCCCCCCCCCCCCCCCCCCCC(=O)O[C@H](COC(=O)CCCCCCCCCCCCCCCCCC)COP(=O)(O)OC[C@@H](O)COP(=O)(O)OC[C@@H](COC(=O)CCCCCCC)OC(=O)CCCCCCCCCC(C)C. The first-order valence-corrected chi connectivity index (χ1v) is 40.6. The molecular weight excluding hydrogens is 1200 g/mol. The van der Waals surface area contributed by atoms with Crippen molar-refractivity contribution in [2.24, 2.45) is 5.92 Å². The second-order valence-electron chi connectivity index (χ2n) is 26.5. The number of esters is 4. The smallest absolute Gasteiger partial charge is 0.462 e. The summed E-state index contributed by atoms with van der Waals surface area (Å²) in [5.74, 6) is -1.44. The standard InChI is InChI=1S/C72H140O17P2/c1-6-9-12-15-17-19-21-23-25-27-28-29-30-32-34-36-38-42-47-52-57-71(76)89-68(62-83-70(75)56-51-46-41-37-35-33-31-26-24-22-20-18-16-13-10-7-2)64-87-91(80,81)85-60-66(73)59-84-90(78,79)86-63-67(61-82-69(74)55-50-44-14-11-8-3)88-72(77)58-53-48-43-39-40-45-49-54-65(4)5/h65-68,73H,6-64H2,1-5H3,(H,78,79)(H,80,81)/t66-,67+,68+/m0/s1. The number of hydrogen-bond donors (Lipinski definition) is 3. The fourth-order valence-electron chi connectivity index (χ4n) is 11.0. The summed E-state index contributed by atoms with van der Waals surface area (Å²) in [7, 11) is -9.89. The Balaban J connectivity index is 5.12. The molecule has 2 unspecified atom stereocenters. The Hall–Kier alpha value is -1.94. The largest absolute Gasteiger partial charge is 0.472 e. The number of phosphoric ester groups is 2. The van der Waals surface area contributed by atoms with Crippen LogP contribution in [0.1, 0.15) is 375 Å². The zero-order valence-corrected chi connectivity index (χ0v) is 60.8. The molecule has 0 fully saturated rings. The number of aliphatic hydroxyl groups excluding tert-OH is 1. The Morgan fingerprint density at radius 1 is 0.297 bits per heavy atom. The molecule has 540 valence electrons. The van der Waals surface area contributed by atoms with Crippen LogP contribution in [0, 0.1) is 5.92 Å². The summed E-state index contributed by atoms with van der Waals surface area (Å²) in [6, 6.07) is 0. The van der Waals surface area contributed by atoms with Gasteiger partial charge in [-0.1, -0.05) is 324 Å². The highest BCUT2D eigenvalue weighted by atomic mass is 31.2. The molecule has 0 spiro atoms. The molecule has 0 saturated carbocycles. The van der Waals surface area contributed by atoms with Gasteiger partial charge in [-0.15, -0.1) is 0 Å². The van der Waals surface area contributed by atoms with E-state index in [0.717, 1.165) is 96.3 Å². The highest BCUT2D eigenvalue weighted by Gasteiger charge is 2.30. The maximum atomic E-state index is 13.1. The summed E-state index contributed by atoms with van der Waals surface area (Å²) < 4.78 is 68.1. The van der Waals surface area contributed by atoms with Crippen LogP contribution < -0.4 is 0 Å². The van der Waals surface area contributed by atoms with Gasteiger partial charge in [0.15, 0.2) is 12.2 Å². The van der Waals surface area contributed by atoms with Gasteiger partial charge in [-0.3, -0.25) is 37.3 Å². The van der Waals surface area contributed by atoms with Crippen LogP contribution in [0.2, 0.25) is 0 Å². The van der Waals surface area contributed by atoms with Crippen molar-refractivity contribution in [1.29, 1.82) is 0 Å². The quantitative estimate of drug-likeness (QED) is 0.0222. The summed E-state index contributed by atoms with van der Waals surface area (Å²) >= 11 is 0. The first-order valence-electron chi connectivity index (χ1n) is 37.6. The van der Waals surface area contributed by atoms with E-state index in [9.17, 15) is 43.2 Å². The molecule has 0 aromatic rings. The average molecular weight is 1340 g/mol. The van der Waals surface area contributed by atoms with Gasteiger partial charge >= 0.3 is 39.5 Å². The van der Waals surface area contributed by atoms with E-state index in [1.807, 2.05) is 0 Å². The number of carbonyl (C=O) groups excluding carboxylic acids is 4. The molecule has 0 radical (unpaired) electrons. The Bertz CT molecular complexity index is 1750. The van der Waals surface area contributed by atoms with E-state index in [2.05, 4.69) is 34.6 Å². The zero-order chi connectivity index (χ0) is 67.0. The number of phosphoric acid groups is 2. The summed E-state index contributed by atoms with van der Waals surface area (Å²) in [4.78, 5) is 72.3. The Kier molecular flexibility index (Phi) is 64.0. The van der Waals surface area contributed by atoms with Gasteiger partial charge in [-0.2, -0.15) is 0 Å². The summed E-state index contributed by atoms with van der Waals surface area (Å²) in [6.45, 7) is 7.10. The number of ether oxygens (including phenoxy) is 4. The monoisotopic (exact) mass is 1340 g/mol. The number of rotatable bonds is 72. The molecule has 3 N–H and O–H groups in total. The third-order valence-corrected chi connectivity index (χ3v) is 18.7.